The van der Waals surface area contributed by atoms with Crippen LogP contribution in [0.5, 0.6) is 0 Å². The van der Waals surface area contributed by atoms with Gasteiger partial charge < -0.3 is 14.6 Å². The van der Waals surface area contributed by atoms with E-state index in [4.69, 9.17) is 14.7 Å². The zero-order valence-corrected chi connectivity index (χ0v) is 14.5. The van der Waals surface area contributed by atoms with Gasteiger partial charge in [-0.3, -0.25) is 4.79 Å². The Morgan fingerprint density at radius 2 is 2.20 bits per heavy atom. The second-order valence-electron chi connectivity index (χ2n) is 6.49. The maximum atomic E-state index is 12.4. The first-order valence-electron chi connectivity index (χ1n) is 8.61. The van der Waals surface area contributed by atoms with Gasteiger partial charge in [0, 0.05) is 13.0 Å². The van der Waals surface area contributed by atoms with Gasteiger partial charge in [-0.05, 0) is 25.0 Å². The van der Waals surface area contributed by atoms with Gasteiger partial charge in [0.15, 0.2) is 5.13 Å². The number of para-hydroxylation sites is 1. The van der Waals surface area contributed by atoms with Crippen LogP contribution in [-0.2, 0) is 17.8 Å². The van der Waals surface area contributed by atoms with Crippen molar-refractivity contribution < 1.29 is 4.74 Å². The average molecular weight is 354 g/mol. The molecule has 128 valence electrons. The van der Waals surface area contributed by atoms with Crippen molar-refractivity contribution in [3.05, 3.63) is 51.0 Å². The summed E-state index contributed by atoms with van der Waals surface area (Å²) in [5.74, 6) is 0.741. The molecule has 0 bridgehead atoms. The summed E-state index contributed by atoms with van der Waals surface area (Å²) in [5.41, 5.74) is 1.84. The van der Waals surface area contributed by atoms with Gasteiger partial charge in [-0.1, -0.05) is 23.5 Å². The Hall–Kier alpha value is -2.25. The number of H-pyrrole nitrogens is 1. The number of benzene rings is 1. The smallest absolute Gasteiger partial charge is 0.258 e. The molecule has 0 radical (unpaired) electrons. The summed E-state index contributed by atoms with van der Waals surface area (Å²) in [7, 11) is 0. The van der Waals surface area contributed by atoms with E-state index in [9.17, 15) is 4.79 Å². The first kappa shape index (κ1) is 15.0. The van der Waals surface area contributed by atoms with Gasteiger partial charge >= 0.3 is 0 Å². The van der Waals surface area contributed by atoms with Crippen LogP contribution in [0.25, 0.3) is 10.9 Å². The number of aromatic nitrogens is 3. The van der Waals surface area contributed by atoms with Crippen molar-refractivity contribution in [3.8, 4) is 0 Å². The molecule has 6 nitrogen and oxygen atoms in total. The van der Waals surface area contributed by atoms with Crippen molar-refractivity contribution in [1.82, 2.24) is 15.0 Å². The van der Waals surface area contributed by atoms with Crippen LogP contribution in [0.1, 0.15) is 35.3 Å². The first-order chi connectivity index (χ1) is 12.3. The number of hydrogen-bond donors (Lipinski definition) is 1. The number of aromatic amines is 1. The standard InChI is InChI=1S/C18H18N4O2S/c23-17-11-4-1-2-5-12(11)19-16(21-17)14-6-3-8-22(14)18-20-13-7-9-24-10-15(13)25-18/h1-2,4-5,14H,3,6-10H2,(H,19,21,23). The lowest BCUT2D eigenvalue weighted by atomic mass is 10.2. The Morgan fingerprint density at radius 3 is 3.12 bits per heavy atom. The quantitative estimate of drug-likeness (QED) is 0.766. The molecule has 0 amide bonds. The van der Waals surface area contributed by atoms with Crippen LogP contribution in [0.4, 0.5) is 5.13 Å². The zero-order chi connectivity index (χ0) is 16.8. The van der Waals surface area contributed by atoms with Gasteiger partial charge in [0.1, 0.15) is 5.82 Å². The fraction of sp³-hybridized carbons (Fsp3) is 0.389. The molecule has 1 N–H and O–H groups in total. The maximum absolute atomic E-state index is 12.4. The largest absolute Gasteiger partial charge is 0.375 e. The summed E-state index contributed by atoms with van der Waals surface area (Å²) < 4.78 is 5.54. The molecule has 1 aromatic carbocycles. The van der Waals surface area contributed by atoms with Gasteiger partial charge in [-0.25, -0.2) is 9.97 Å². The highest BCUT2D eigenvalue weighted by molar-refractivity contribution is 7.15. The maximum Gasteiger partial charge on any atom is 0.258 e. The summed E-state index contributed by atoms with van der Waals surface area (Å²) in [6, 6.07) is 7.56. The van der Waals surface area contributed by atoms with Crippen LogP contribution in [0, 0.1) is 0 Å². The van der Waals surface area contributed by atoms with Crippen molar-refractivity contribution in [2.75, 3.05) is 18.1 Å². The van der Waals surface area contributed by atoms with Crippen molar-refractivity contribution in [2.45, 2.75) is 31.9 Å². The van der Waals surface area contributed by atoms with Crippen molar-refractivity contribution in [2.24, 2.45) is 0 Å². The number of nitrogens with zero attached hydrogens (tertiary/aromatic N) is 3. The molecule has 3 aromatic rings. The Kier molecular flexibility index (Phi) is 3.57. The van der Waals surface area contributed by atoms with Crippen LogP contribution >= 0.6 is 11.3 Å². The Balaban J connectivity index is 1.55. The van der Waals surface area contributed by atoms with Crippen LogP contribution < -0.4 is 10.5 Å². The first-order valence-corrected chi connectivity index (χ1v) is 9.43. The van der Waals surface area contributed by atoms with Gasteiger partial charge in [0.2, 0.25) is 0 Å². The van der Waals surface area contributed by atoms with Crippen LogP contribution in [0.3, 0.4) is 0 Å². The minimum Gasteiger partial charge on any atom is -0.375 e. The normalized spacial score (nSPS) is 20.2. The topological polar surface area (TPSA) is 71.1 Å². The summed E-state index contributed by atoms with van der Waals surface area (Å²) in [5, 5.41) is 1.66. The summed E-state index contributed by atoms with van der Waals surface area (Å²) >= 11 is 1.71. The molecule has 0 spiro atoms. The third-order valence-electron chi connectivity index (χ3n) is 4.93. The minimum absolute atomic E-state index is 0.0701. The van der Waals surface area contributed by atoms with Crippen molar-refractivity contribution in [3.63, 3.8) is 0 Å². The number of ether oxygens (including phenoxy) is 1. The number of thiazole rings is 1. The molecular weight excluding hydrogens is 336 g/mol. The van der Waals surface area contributed by atoms with E-state index in [-0.39, 0.29) is 11.6 Å². The molecule has 0 saturated carbocycles. The lowest BCUT2D eigenvalue weighted by molar-refractivity contribution is 0.112. The third-order valence-corrected chi connectivity index (χ3v) is 6.04. The molecule has 4 heterocycles. The second kappa shape index (κ2) is 5.93. The van der Waals surface area contributed by atoms with E-state index >= 15 is 0 Å². The predicted octanol–water partition coefficient (Wildman–Crippen LogP) is 2.79. The zero-order valence-electron chi connectivity index (χ0n) is 13.7. The molecule has 2 aliphatic heterocycles. The Bertz CT molecular complexity index is 973. The fourth-order valence-electron chi connectivity index (χ4n) is 3.68. The molecule has 7 heteroatoms. The SMILES string of the molecule is O=c1[nH]c(C2CCCN2c2nc3c(s2)COCC3)nc2ccccc12. The molecule has 5 rings (SSSR count). The Morgan fingerprint density at radius 1 is 1.28 bits per heavy atom. The number of nitrogens with one attached hydrogen (secondary N) is 1. The molecule has 0 aliphatic carbocycles. The number of rotatable bonds is 2. The molecule has 2 aromatic heterocycles. The van der Waals surface area contributed by atoms with Crippen molar-refractivity contribution >= 4 is 27.4 Å². The van der Waals surface area contributed by atoms with E-state index in [1.807, 2.05) is 24.3 Å². The highest BCUT2D eigenvalue weighted by Gasteiger charge is 2.31. The minimum atomic E-state index is -0.0701. The number of fused-ring (bicyclic) bond motifs is 2. The second-order valence-corrected chi connectivity index (χ2v) is 7.55. The predicted molar refractivity (Wildman–Crippen MR) is 97.2 cm³/mol. The highest BCUT2D eigenvalue weighted by Crippen LogP contribution is 2.38. The van der Waals surface area contributed by atoms with E-state index in [0.29, 0.717) is 12.0 Å². The van der Waals surface area contributed by atoms with E-state index in [0.717, 1.165) is 54.6 Å². The molecular formula is C18H18N4O2S. The fourth-order valence-corrected chi connectivity index (χ4v) is 4.80. The molecule has 1 atom stereocenters. The molecule has 1 fully saturated rings. The van der Waals surface area contributed by atoms with E-state index < -0.39 is 0 Å². The lowest BCUT2D eigenvalue weighted by Crippen LogP contribution is -2.26. The number of hydrogen-bond acceptors (Lipinski definition) is 6. The Labute approximate surface area is 148 Å². The third kappa shape index (κ3) is 2.54. The van der Waals surface area contributed by atoms with Gasteiger partial charge in [-0.15, -0.1) is 0 Å². The van der Waals surface area contributed by atoms with Crippen LogP contribution in [0.2, 0.25) is 0 Å². The average Bonchev–Trinajstić information content (AvgIpc) is 3.28. The van der Waals surface area contributed by atoms with E-state index in [2.05, 4.69) is 9.88 Å². The van der Waals surface area contributed by atoms with Gasteiger partial charge in [0.25, 0.3) is 5.56 Å². The lowest BCUT2D eigenvalue weighted by Gasteiger charge is -2.23. The van der Waals surface area contributed by atoms with Crippen LogP contribution in [0.15, 0.2) is 29.1 Å². The van der Waals surface area contributed by atoms with Crippen LogP contribution in [-0.4, -0.2) is 28.1 Å². The van der Waals surface area contributed by atoms with Crippen molar-refractivity contribution in [1.29, 1.82) is 0 Å². The molecule has 1 unspecified atom stereocenters. The van der Waals surface area contributed by atoms with Gasteiger partial charge in [-0.2, -0.15) is 0 Å². The number of anilines is 1. The van der Waals surface area contributed by atoms with E-state index in [1.165, 1.54) is 4.88 Å². The summed E-state index contributed by atoms with van der Waals surface area (Å²) in [6.07, 6.45) is 2.93. The summed E-state index contributed by atoms with van der Waals surface area (Å²) in [6.45, 7) is 2.35. The van der Waals surface area contributed by atoms with E-state index in [1.54, 1.807) is 11.3 Å². The molecule has 25 heavy (non-hydrogen) atoms. The summed E-state index contributed by atoms with van der Waals surface area (Å²) in [4.78, 5) is 28.5. The highest BCUT2D eigenvalue weighted by atomic mass is 32.1. The molecule has 2 aliphatic rings. The molecule has 1 saturated heterocycles. The van der Waals surface area contributed by atoms with Gasteiger partial charge in [0.05, 0.1) is 40.7 Å². The monoisotopic (exact) mass is 354 g/mol.